The van der Waals surface area contributed by atoms with Crippen molar-refractivity contribution in [3.63, 3.8) is 0 Å². The average molecular weight is 265 g/mol. The lowest BCUT2D eigenvalue weighted by Crippen LogP contribution is -2.47. The lowest BCUT2D eigenvalue weighted by molar-refractivity contribution is -0.144. The van der Waals surface area contributed by atoms with E-state index in [-0.39, 0.29) is 17.2 Å². The molecule has 1 heterocycles. The van der Waals surface area contributed by atoms with Gasteiger partial charge in [0, 0.05) is 24.4 Å². The topological polar surface area (TPSA) is 37.4 Å². The molecule has 1 unspecified atom stereocenters. The van der Waals surface area contributed by atoms with Crippen molar-refractivity contribution in [2.24, 2.45) is 5.41 Å². The molecule has 2 aliphatic rings. The van der Waals surface area contributed by atoms with E-state index < -0.39 is 0 Å². The van der Waals surface area contributed by atoms with E-state index in [9.17, 15) is 9.59 Å². The Morgan fingerprint density at radius 3 is 2.42 bits per heavy atom. The van der Waals surface area contributed by atoms with Gasteiger partial charge in [-0.05, 0) is 32.6 Å². The molecule has 108 valence electrons. The molecule has 0 aromatic carbocycles. The average Bonchev–Trinajstić information content (AvgIpc) is 2.68. The predicted molar refractivity (Wildman–Crippen MR) is 75.8 cm³/mol. The summed E-state index contributed by atoms with van der Waals surface area (Å²) in [6.45, 7) is 4.62. The summed E-state index contributed by atoms with van der Waals surface area (Å²) in [5, 5.41) is 0. The molecule has 3 heteroatoms. The Kier molecular flexibility index (Phi) is 4.64. The number of carbonyl (C=O) groups is 2. The quantitative estimate of drug-likeness (QED) is 0.785. The molecule has 19 heavy (non-hydrogen) atoms. The summed E-state index contributed by atoms with van der Waals surface area (Å²) < 4.78 is 0. The molecule has 2 fully saturated rings. The van der Waals surface area contributed by atoms with Gasteiger partial charge >= 0.3 is 0 Å². The molecule has 1 amide bonds. The van der Waals surface area contributed by atoms with E-state index in [0.29, 0.717) is 12.3 Å². The zero-order valence-electron chi connectivity index (χ0n) is 12.4. The molecule has 2 rings (SSSR count). The molecule has 1 aliphatic carbocycles. The molecule has 0 bridgehead atoms. The number of carbonyl (C=O) groups excluding carboxylic acids is 2. The van der Waals surface area contributed by atoms with Gasteiger partial charge in [0.05, 0.1) is 0 Å². The highest BCUT2D eigenvalue weighted by Gasteiger charge is 2.41. The number of nitrogens with zero attached hydrogens (tertiary/aromatic N) is 1. The number of rotatable bonds is 3. The SMILES string of the molecule is CC(=O)CC1CCCCCN1C(=O)C1(C)CCCC1. The van der Waals surface area contributed by atoms with Crippen LogP contribution in [0.25, 0.3) is 0 Å². The van der Waals surface area contributed by atoms with E-state index in [1.165, 1.54) is 19.3 Å². The lowest BCUT2D eigenvalue weighted by atomic mass is 9.86. The largest absolute Gasteiger partial charge is 0.339 e. The molecular weight excluding hydrogens is 238 g/mol. The summed E-state index contributed by atoms with van der Waals surface area (Å²) in [5.41, 5.74) is -0.153. The highest BCUT2D eigenvalue weighted by molar-refractivity contribution is 5.84. The van der Waals surface area contributed by atoms with Crippen molar-refractivity contribution in [3.8, 4) is 0 Å². The summed E-state index contributed by atoms with van der Waals surface area (Å²) in [7, 11) is 0. The first-order valence-corrected chi connectivity index (χ1v) is 7.83. The molecule has 0 aromatic heterocycles. The second kappa shape index (κ2) is 6.06. The highest BCUT2D eigenvalue weighted by Crippen LogP contribution is 2.40. The Hall–Kier alpha value is -0.860. The minimum atomic E-state index is -0.153. The van der Waals surface area contributed by atoms with Crippen molar-refractivity contribution < 1.29 is 9.59 Å². The first-order valence-electron chi connectivity index (χ1n) is 7.83. The van der Waals surface area contributed by atoms with Gasteiger partial charge in [0.15, 0.2) is 0 Å². The van der Waals surface area contributed by atoms with Crippen LogP contribution in [0, 0.1) is 5.41 Å². The van der Waals surface area contributed by atoms with Gasteiger partial charge in [0.2, 0.25) is 5.91 Å². The number of hydrogen-bond donors (Lipinski definition) is 0. The van der Waals surface area contributed by atoms with Crippen LogP contribution in [0.1, 0.15) is 71.6 Å². The zero-order valence-corrected chi connectivity index (χ0v) is 12.4. The molecule has 3 nitrogen and oxygen atoms in total. The summed E-state index contributed by atoms with van der Waals surface area (Å²) in [6, 6.07) is 0.157. The molecule has 0 aromatic rings. The Morgan fingerprint density at radius 2 is 1.79 bits per heavy atom. The Bertz CT molecular complexity index is 345. The first kappa shape index (κ1) is 14.5. The summed E-state index contributed by atoms with van der Waals surface area (Å²) in [6.07, 6.45) is 9.37. The zero-order chi connectivity index (χ0) is 13.9. The van der Waals surface area contributed by atoms with Gasteiger partial charge in [-0.3, -0.25) is 9.59 Å². The maximum atomic E-state index is 12.9. The fourth-order valence-corrected chi connectivity index (χ4v) is 3.70. The van der Waals surface area contributed by atoms with Crippen LogP contribution in [0.15, 0.2) is 0 Å². The number of hydrogen-bond acceptors (Lipinski definition) is 2. The van der Waals surface area contributed by atoms with E-state index in [1.807, 2.05) is 0 Å². The predicted octanol–water partition coefficient (Wildman–Crippen LogP) is 3.32. The summed E-state index contributed by atoms with van der Waals surface area (Å²) in [5.74, 6) is 0.527. The van der Waals surface area contributed by atoms with Crippen molar-refractivity contribution in [1.82, 2.24) is 4.90 Å². The van der Waals surface area contributed by atoms with E-state index in [4.69, 9.17) is 0 Å². The van der Waals surface area contributed by atoms with Crippen LogP contribution in [0.2, 0.25) is 0 Å². The van der Waals surface area contributed by atoms with Gasteiger partial charge in [-0.15, -0.1) is 0 Å². The van der Waals surface area contributed by atoms with E-state index in [2.05, 4.69) is 11.8 Å². The standard InChI is InChI=1S/C16H27NO2/c1-13(18)12-14-8-4-3-7-11-17(14)15(19)16(2)9-5-6-10-16/h14H,3-12H2,1-2H3. The molecule has 1 atom stereocenters. The van der Waals surface area contributed by atoms with E-state index in [1.54, 1.807) is 6.92 Å². The third-order valence-electron chi connectivity index (χ3n) is 4.88. The van der Waals surface area contributed by atoms with Crippen LogP contribution in [0.4, 0.5) is 0 Å². The fourth-order valence-electron chi connectivity index (χ4n) is 3.70. The number of Topliss-reactive ketones (excluding diaryl/α,β-unsaturated/α-hetero) is 1. The monoisotopic (exact) mass is 265 g/mol. The highest BCUT2D eigenvalue weighted by atomic mass is 16.2. The number of ketones is 1. The summed E-state index contributed by atoms with van der Waals surface area (Å²) >= 11 is 0. The minimum Gasteiger partial charge on any atom is -0.339 e. The normalized spacial score (nSPS) is 27.1. The summed E-state index contributed by atoms with van der Waals surface area (Å²) in [4.78, 5) is 26.4. The van der Waals surface area contributed by atoms with Crippen LogP contribution in [-0.2, 0) is 9.59 Å². The maximum Gasteiger partial charge on any atom is 0.228 e. The first-order chi connectivity index (χ1) is 9.03. The molecule has 0 N–H and O–H groups in total. The van der Waals surface area contributed by atoms with Gasteiger partial charge in [-0.2, -0.15) is 0 Å². The smallest absolute Gasteiger partial charge is 0.228 e. The molecular formula is C16H27NO2. The Morgan fingerprint density at radius 1 is 1.11 bits per heavy atom. The van der Waals surface area contributed by atoms with Gasteiger partial charge in [0.1, 0.15) is 5.78 Å². The fraction of sp³-hybridized carbons (Fsp3) is 0.875. The van der Waals surface area contributed by atoms with Crippen molar-refractivity contribution >= 4 is 11.7 Å². The second-order valence-electron chi connectivity index (χ2n) is 6.68. The second-order valence-corrected chi connectivity index (χ2v) is 6.68. The third-order valence-corrected chi connectivity index (χ3v) is 4.88. The van der Waals surface area contributed by atoms with Crippen LogP contribution in [0.5, 0.6) is 0 Å². The number of amides is 1. The molecule has 0 radical (unpaired) electrons. The van der Waals surface area contributed by atoms with Gasteiger partial charge < -0.3 is 4.90 Å². The van der Waals surface area contributed by atoms with Crippen molar-refractivity contribution in [3.05, 3.63) is 0 Å². The molecule has 1 aliphatic heterocycles. The maximum absolute atomic E-state index is 12.9. The van der Waals surface area contributed by atoms with Gasteiger partial charge in [-0.25, -0.2) is 0 Å². The molecule has 1 saturated heterocycles. The van der Waals surface area contributed by atoms with Crippen molar-refractivity contribution in [2.45, 2.75) is 77.7 Å². The third kappa shape index (κ3) is 3.37. The minimum absolute atomic E-state index is 0.153. The van der Waals surface area contributed by atoms with Gasteiger partial charge in [-0.1, -0.05) is 32.6 Å². The Balaban J connectivity index is 2.12. The van der Waals surface area contributed by atoms with Crippen LogP contribution >= 0.6 is 0 Å². The van der Waals surface area contributed by atoms with Crippen LogP contribution in [-0.4, -0.2) is 29.2 Å². The van der Waals surface area contributed by atoms with E-state index in [0.717, 1.165) is 38.6 Å². The molecule has 0 spiro atoms. The van der Waals surface area contributed by atoms with E-state index >= 15 is 0 Å². The van der Waals surface area contributed by atoms with Crippen LogP contribution in [0.3, 0.4) is 0 Å². The Labute approximate surface area is 116 Å². The van der Waals surface area contributed by atoms with Gasteiger partial charge in [0.25, 0.3) is 0 Å². The number of likely N-dealkylation sites (tertiary alicyclic amines) is 1. The van der Waals surface area contributed by atoms with Crippen LogP contribution < -0.4 is 0 Å². The molecule has 1 saturated carbocycles. The lowest BCUT2D eigenvalue weighted by Gasteiger charge is -2.36. The van der Waals surface area contributed by atoms with Crippen molar-refractivity contribution in [1.29, 1.82) is 0 Å². The van der Waals surface area contributed by atoms with Crippen molar-refractivity contribution in [2.75, 3.05) is 6.54 Å².